The van der Waals surface area contributed by atoms with Crippen LogP contribution in [0.3, 0.4) is 0 Å². The summed E-state index contributed by atoms with van der Waals surface area (Å²) in [6.45, 7) is 4.27. The van der Waals surface area contributed by atoms with E-state index < -0.39 is 0 Å². The van der Waals surface area contributed by atoms with Gasteiger partial charge < -0.3 is 16.4 Å². The third-order valence-corrected chi connectivity index (χ3v) is 4.06. The van der Waals surface area contributed by atoms with Crippen molar-refractivity contribution in [2.45, 2.75) is 32.7 Å². The van der Waals surface area contributed by atoms with E-state index in [9.17, 15) is 9.59 Å². The highest BCUT2D eigenvalue weighted by molar-refractivity contribution is 5.95. The lowest BCUT2D eigenvalue weighted by Crippen LogP contribution is -2.48. The molecule has 2 atom stereocenters. The number of aryl methyl sites for hydroxylation is 1. The summed E-state index contributed by atoms with van der Waals surface area (Å²) in [5.41, 5.74) is 13.3. The van der Waals surface area contributed by atoms with Crippen molar-refractivity contribution in [3.05, 3.63) is 29.3 Å². The van der Waals surface area contributed by atoms with Gasteiger partial charge in [0.2, 0.25) is 5.91 Å². The minimum Gasteiger partial charge on any atom is -0.399 e. The maximum absolute atomic E-state index is 12.6. The lowest BCUT2D eigenvalue weighted by atomic mass is 9.92. The average molecular weight is 275 g/mol. The SMILES string of the molecule is Cc1cc(C(=O)N2CC(C(N)=O)CCC2C)ccc1N. The fourth-order valence-electron chi connectivity index (χ4n) is 2.60. The van der Waals surface area contributed by atoms with Gasteiger partial charge in [-0.2, -0.15) is 0 Å². The Kier molecular flexibility index (Phi) is 3.97. The summed E-state index contributed by atoms with van der Waals surface area (Å²) in [5, 5.41) is 0. The second-order valence-electron chi connectivity index (χ2n) is 5.55. The second-order valence-corrected chi connectivity index (χ2v) is 5.55. The number of hydrogen-bond donors (Lipinski definition) is 2. The number of benzene rings is 1. The number of carbonyl (C=O) groups excluding carboxylic acids is 2. The lowest BCUT2D eigenvalue weighted by molar-refractivity contribution is -0.123. The van der Waals surface area contributed by atoms with Crippen LogP contribution in [0, 0.1) is 12.8 Å². The zero-order valence-electron chi connectivity index (χ0n) is 11.9. The van der Waals surface area contributed by atoms with Gasteiger partial charge in [-0.05, 0) is 50.5 Å². The molecule has 4 N–H and O–H groups in total. The molecule has 5 nitrogen and oxygen atoms in total. The summed E-state index contributed by atoms with van der Waals surface area (Å²) >= 11 is 0. The van der Waals surface area contributed by atoms with Crippen LogP contribution in [0.5, 0.6) is 0 Å². The number of rotatable bonds is 2. The van der Waals surface area contributed by atoms with E-state index in [1.807, 2.05) is 13.8 Å². The summed E-state index contributed by atoms with van der Waals surface area (Å²) in [5.74, 6) is -0.639. The molecular weight excluding hydrogens is 254 g/mol. The van der Waals surface area contributed by atoms with E-state index in [0.717, 1.165) is 18.4 Å². The number of anilines is 1. The molecule has 1 fully saturated rings. The predicted molar refractivity (Wildman–Crippen MR) is 78.0 cm³/mol. The van der Waals surface area contributed by atoms with Crippen molar-refractivity contribution in [3.63, 3.8) is 0 Å². The number of primary amides is 1. The topological polar surface area (TPSA) is 89.4 Å². The number of nitrogens with two attached hydrogens (primary N) is 2. The van der Waals surface area contributed by atoms with Gasteiger partial charge >= 0.3 is 0 Å². The van der Waals surface area contributed by atoms with Gasteiger partial charge in [0.15, 0.2) is 0 Å². The Balaban J connectivity index is 2.21. The van der Waals surface area contributed by atoms with E-state index in [-0.39, 0.29) is 23.8 Å². The predicted octanol–water partition coefficient (Wildman–Crippen LogP) is 1.30. The monoisotopic (exact) mass is 275 g/mol. The summed E-state index contributed by atoms with van der Waals surface area (Å²) < 4.78 is 0. The molecule has 0 aliphatic carbocycles. The standard InChI is InChI=1S/C15H21N3O2/c1-9-7-11(5-6-13(9)16)15(20)18-8-12(14(17)19)4-3-10(18)2/h5-7,10,12H,3-4,8,16H2,1-2H3,(H2,17,19). The Morgan fingerprint density at radius 2 is 2.00 bits per heavy atom. The molecule has 1 aliphatic rings. The fraction of sp³-hybridized carbons (Fsp3) is 0.467. The molecule has 2 amide bonds. The van der Waals surface area contributed by atoms with E-state index in [1.54, 1.807) is 23.1 Å². The Morgan fingerprint density at radius 1 is 1.30 bits per heavy atom. The zero-order chi connectivity index (χ0) is 14.9. The molecule has 0 radical (unpaired) electrons. The third-order valence-electron chi connectivity index (χ3n) is 4.06. The first-order valence-corrected chi connectivity index (χ1v) is 6.86. The largest absolute Gasteiger partial charge is 0.399 e. The third kappa shape index (κ3) is 2.76. The number of piperidine rings is 1. The van der Waals surface area contributed by atoms with Crippen molar-refractivity contribution in [3.8, 4) is 0 Å². The highest BCUT2D eigenvalue weighted by atomic mass is 16.2. The first kappa shape index (κ1) is 14.4. The summed E-state index contributed by atoms with van der Waals surface area (Å²) in [7, 11) is 0. The van der Waals surface area contributed by atoms with Gasteiger partial charge in [0.25, 0.3) is 5.91 Å². The number of amides is 2. The normalized spacial score (nSPS) is 22.6. The van der Waals surface area contributed by atoms with Crippen LogP contribution in [0.2, 0.25) is 0 Å². The number of likely N-dealkylation sites (tertiary alicyclic amines) is 1. The molecule has 1 aromatic rings. The Labute approximate surface area is 118 Å². The molecule has 1 aromatic carbocycles. The van der Waals surface area contributed by atoms with E-state index in [4.69, 9.17) is 11.5 Å². The van der Waals surface area contributed by atoms with Crippen molar-refractivity contribution in [1.29, 1.82) is 0 Å². The summed E-state index contributed by atoms with van der Waals surface area (Å²) in [4.78, 5) is 25.6. The maximum atomic E-state index is 12.6. The molecule has 2 unspecified atom stereocenters. The zero-order valence-corrected chi connectivity index (χ0v) is 11.9. The van der Waals surface area contributed by atoms with Gasteiger partial charge in [0, 0.05) is 23.8 Å². The van der Waals surface area contributed by atoms with Crippen LogP contribution in [0.1, 0.15) is 35.7 Å². The van der Waals surface area contributed by atoms with Crippen LogP contribution in [0.4, 0.5) is 5.69 Å². The van der Waals surface area contributed by atoms with Crippen molar-refractivity contribution >= 4 is 17.5 Å². The fourth-order valence-corrected chi connectivity index (χ4v) is 2.60. The van der Waals surface area contributed by atoms with Crippen LogP contribution < -0.4 is 11.5 Å². The molecular formula is C15H21N3O2. The average Bonchev–Trinajstić information content (AvgIpc) is 2.41. The number of nitrogens with zero attached hydrogens (tertiary/aromatic N) is 1. The highest BCUT2D eigenvalue weighted by Crippen LogP contribution is 2.24. The van der Waals surface area contributed by atoms with Gasteiger partial charge in [-0.1, -0.05) is 0 Å². The maximum Gasteiger partial charge on any atom is 0.254 e. The summed E-state index contributed by atoms with van der Waals surface area (Å²) in [6.07, 6.45) is 1.55. The van der Waals surface area contributed by atoms with Gasteiger partial charge in [-0.15, -0.1) is 0 Å². The van der Waals surface area contributed by atoms with E-state index in [2.05, 4.69) is 0 Å². The minimum atomic E-state index is -0.330. The molecule has 0 bridgehead atoms. The van der Waals surface area contributed by atoms with Crippen LogP contribution >= 0.6 is 0 Å². The highest BCUT2D eigenvalue weighted by Gasteiger charge is 2.32. The molecule has 20 heavy (non-hydrogen) atoms. The molecule has 1 heterocycles. The number of nitrogen functional groups attached to an aromatic ring is 1. The Morgan fingerprint density at radius 3 is 2.60 bits per heavy atom. The first-order chi connectivity index (χ1) is 9.40. The smallest absolute Gasteiger partial charge is 0.254 e. The van der Waals surface area contributed by atoms with Crippen molar-refractivity contribution in [1.82, 2.24) is 4.90 Å². The van der Waals surface area contributed by atoms with E-state index >= 15 is 0 Å². The molecule has 0 spiro atoms. The molecule has 108 valence electrons. The number of hydrogen-bond acceptors (Lipinski definition) is 3. The molecule has 0 aromatic heterocycles. The van der Waals surface area contributed by atoms with Crippen LogP contribution in [0.15, 0.2) is 18.2 Å². The second kappa shape index (κ2) is 5.53. The Bertz CT molecular complexity index is 542. The van der Waals surface area contributed by atoms with E-state index in [0.29, 0.717) is 17.8 Å². The molecule has 0 saturated carbocycles. The van der Waals surface area contributed by atoms with Crippen molar-refractivity contribution in [2.75, 3.05) is 12.3 Å². The van der Waals surface area contributed by atoms with Crippen molar-refractivity contribution < 1.29 is 9.59 Å². The van der Waals surface area contributed by atoms with Gasteiger partial charge in [-0.3, -0.25) is 9.59 Å². The molecule has 1 saturated heterocycles. The Hall–Kier alpha value is -2.04. The van der Waals surface area contributed by atoms with E-state index in [1.165, 1.54) is 0 Å². The minimum absolute atomic E-state index is 0.0634. The van der Waals surface area contributed by atoms with Crippen LogP contribution in [0.25, 0.3) is 0 Å². The first-order valence-electron chi connectivity index (χ1n) is 6.86. The quantitative estimate of drug-likeness (QED) is 0.797. The van der Waals surface area contributed by atoms with Gasteiger partial charge in [-0.25, -0.2) is 0 Å². The number of carbonyl (C=O) groups is 2. The van der Waals surface area contributed by atoms with Gasteiger partial charge in [0.1, 0.15) is 0 Å². The molecule has 1 aliphatic heterocycles. The molecule has 5 heteroatoms. The molecule has 2 rings (SSSR count). The summed E-state index contributed by atoms with van der Waals surface area (Å²) in [6, 6.07) is 5.38. The van der Waals surface area contributed by atoms with Crippen molar-refractivity contribution in [2.24, 2.45) is 11.7 Å². The lowest BCUT2D eigenvalue weighted by Gasteiger charge is -2.37. The van der Waals surface area contributed by atoms with Gasteiger partial charge in [0.05, 0.1) is 5.92 Å². The van der Waals surface area contributed by atoms with Crippen LogP contribution in [-0.2, 0) is 4.79 Å². The van der Waals surface area contributed by atoms with Crippen LogP contribution in [-0.4, -0.2) is 29.3 Å².